The molecule has 3 aliphatic rings. The van der Waals surface area contributed by atoms with Crippen molar-refractivity contribution in [1.82, 2.24) is 10.2 Å². The minimum Gasteiger partial charge on any atom is -0.356 e. The molecule has 3 N–H and O–H groups in total. The Bertz CT molecular complexity index is 352. The highest BCUT2D eigenvalue weighted by atomic mass is 35.5. The van der Waals surface area contributed by atoms with Crippen molar-refractivity contribution in [2.24, 2.45) is 17.6 Å². The van der Waals surface area contributed by atoms with Gasteiger partial charge in [-0.3, -0.25) is 4.79 Å². The van der Waals surface area contributed by atoms with Gasteiger partial charge in [0.15, 0.2) is 0 Å². The van der Waals surface area contributed by atoms with Crippen LogP contribution in [0.25, 0.3) is 0 Å². The molecule has 0 spiro atoms. The molecule has 130 valence electrons. The Morgan fingerprint density at radius 3 is 2.50 bits per heavy atom. The zero-order valence-corrected chi connectivity index (χ0v) is 15.0. The molecule has 3 atom stereocenters. The van der Waals surface area contributed by atoms with Crippen molar-refractivity contribution in [3.05, 3.63) is 0 Å². The van der Waals surface area contributed by atoms with E-state index in [0.29, 0.717) is 18.3 Å². The third-order valence-electron chi connectivity index (χ3n) is 5.38. The Kier molecular flexibility index (Phi) is 8.47. The number of rotatable bonds is 5. The van der Waals surface area contributed by atoms with E-state index in [1.54, 1.807) is 0 Å². The average molecular weight is 352 g/mol. The molecule has 0 bridgehead atoms. The van der Waals surface area contributed by atoms with Crippen LogP contribution in [-0.4, -0.2) is 42.5 Å². The van der Waals surface area contributed by atoms with Gasteiger partial charge in [0.05, 0.1) is 0 Å². The van der Waals surface area contributed by atoms with Crippen LogP contribution in [0, 0.1) is 11.8 Å². The van der Waals surface area contributed by atoms with Gasteiger partial charge in [0.2, 0.25) is 5.91 Å². The largest absolute Gasteiger partial charge is 0.356 e. The minimum absolute atomic E-state index is 0. The second-order valence-electron chi connectivity index (χ2n) is 7.10. The van der Waals surface area contributed by atoms with Crippen LogP contribution in [0.3, 0.4) is 0 Å². The molecule has 1 saturated heterocycles. The van der Waals surface area contributed by atoms with Gasteiger partial charge in [-0.05, 0) is 50.5 Å². The molecular weight excluding hydrogens is 321 g/mol. The van der Waals surface area contributed by atoms with Crippen molar-refractivity contribution in [1.29, 1.82) is 0 Å². The summed E-state index contributed by atoms with van der Waals surface area (Å²) in [6, 6.07) is 1.11. The van der Waals surface area contributed by atoms with Crippen molar-refractivity contribution >= 4 is 30.7 Å². The van der Waals surface area contributed by atoms with Gasteiger partial charge in [-0.1, -0.05) is 12.8 Å². The van der Waals surface area contributed by atoms with Crippen LogP contribution in [0.15, 0.2) is 0 Å². The summed E-state index contributed by atoms with van der Waals surface area (Å²) in [6.45, 7) is 3.29. The third kappa shape index (κ3) is 5.55. The lowest BCUT2D eigenvalue weighted by Crippen LogP contribution is -2.38. The number of likely N-dealkylation sites (tertiary alicyclic amines) is 1. The molecule has 2 saturated carbocycles. The highest BCUT2D eigenvalue weighted by molar-refractivity contribution is 5.85. The molecule has 3 fully saturated rings. The van der Waals surface area contributed by atoms with Gasteiger partial charge < -0.3 is 16.0 Å². The van der Waals surface area contributed by atoms with Crippen LogP contribution in [0.4, 0.5) is 0 Å². The zero-order chi connectivity index (χ0) is 13.9. The summed E-state index contributed by atoms with van der Waals surface area (Å²) in [4.78, 5) is 14.7. The van der Waals surface area contributed by atoms with Gasteiger partial charge in [0.1, 0.15) is 0 Å². The summed E-state index contributed by atoms with van der Waals surface area (Å²) in [6.07, 6.45) is 9.37. The van der Waals surface area contributed by atoms with Crippen molar-refractivity contribution in [3.63, 3.8) is 0 Å². The topological polar surface area (TPSA) is 58.4 Å². The normalized spacial score (nSPS) is 32.0. The molecule has 2 aliphatic carbocycles. The summed E-state index contributed by atoms with van der Waals surface area (Å²) in [5, 5.41) is 3.15. The highest BCUT2D eigenvalue weighted by Gasteiger charge is 2.34. The summed E-state index contributed by atoms with van der Waals surface area (Å²) in [5.41, 5.74) is 6.12. The first-order chi connectivity index (χ1) is 9.72. The second kappa shape index (κ2) is 9.31. The predicted molar refractivity (Wildman–Crippen MR) is 94.8 cm³/mol. The maximum atomic E-state index is 12.1. The molecule has 22 heavy (non-hydrogen) atoms. The van der Waals surface area contributed by atoms with Gasteiger partial charge >= 0.3 is 0 Å². The third-order valence-corrected chi connectivity index (χ3v) is 5.38. The monoisotopic (exact) mass is 351 g/mol. The summed E-state index contributed by atoms with van der Waals surface area (Å²) >= 11 is 0. The maximum Gasteiger partial charge on any atom is 0.220 e. The molecular formula is C16H31Cl2N3O. The van der Waals surface area contributed by atoms with Gasteiger partial charge in [-0.25, -0.2) is 0 Å². The van der Waals surface area contributed by atoms with Gasteiger partial charge in [0.25, 0.3) is 0 Å². The molecule has 3 rings (SSSR count). The number of carbonyl (C=O) groups excluding carboxylic acids is 1. The number of nitrogens with zero attached hydrogens (tertiary/aromatic N) is 1. The van der Waals surface area contributed by atoms with E-state index in [-0.39, 0.29) is 36.8 Å². The smallest absolute Gasteiger partial charge is 0.220 e. The molecule has 4 nitrogen and oxygen atoms in total. The zero-order valence-electron chi connectivity index (χ0n) is 13.3. The van der Waals surface area contributed by atoms with Crippen LogP contribution < -0.4 is 11.1 Å². The standard InChI is InChI=1S/C16H29N3O.2ClH/c17-15-4-2-1-3-13(15)9-16(20)18-10-12-7-8-19(11-12)14-5-6-14;;/h12-15H,1-11,17H2,(H,18,20);2*1H. The van der Waals surface area contributed by atoms with Crippen LogP contribution >= 0.6 is 24.8 Å². The second-order valence-corrected chi connectivity index (χ2v) is 7.10. The Balaban J connectivity index is 0.00000121. The fourth-order valence-corrected chi connectivity index (χ4v) is 3.86. The number of carbonyl (C=O) groups is 1. The minimum atomic E-state index is 0. The first-order valence-corrected chi connectivity index (χ1v) is 8.48. The quantitative estimate of drug-likeness (QED) is 0.799. The molecule has 1 aliphatic heterocycles. The highest BCUT2D eigenvalue weighted by Crippen LogP contribution is 2.31. The van der Waals surface area contributed by atoms with Gasteiger partial charge in [-0.15, -0.1) is 24.8 Å². The number of amides is 1. The maximum absolute atomic E-state index is 12.1. The molecule has 1 heterocycles. The molecule has 0 radical (unpaired) electrons. The summed E-state index contributed by atoms with van der Waals surface area (Å²) in [5.74, 6) is 1.30. The van der Waals surface area contributed by atoms with E-state index < -0.39 is 0 Å². The van der Waals surface area contributed by atoms with E-state index in [4.69, 9.17) is 5.73 Å². The SMILES string of the molecule is Cl.Cl.NC1CCCCC1CC(=O)NCC1CCN(C2CC2)C1. The Labute approximate surface area is 146 Å². The molecule has 6 heteroatoms. The van der Waals surface area contributed by atoms with Crippen LogP contribution in [0.2, 0.25) is 0 Å². The predicted octanol–water partition coefficient (Wildman–Crippen LogP) is 2.34. The van der Waals surface area contributed by atoms with E-state index in [2.05, 4.69) is 10.2 Å². The van der Waals surface area contributed by atoms with Crippen LogP contribution in [-0.2, 0) is 4.79 Å². The summed E-state index contributed by atoms with van der Waals surface area (Å²) in [7, 11) is 0. The number of hydrogen-bond acceptors (Lipinski definition) is 3. The van der Waals surface area contributed by atoms with Crippen LogP contribution in [0.1, 0.15) is 51.4 Å². The number of nitrogens with two attached hydrogens (primary N) is 1. The molecule has 0 aromatic carbocycles. The Morgan fingerprint density at radius 2 is 1.82 bits per heavy atom. The fraction of sp³-hybridized carbons (Fsp3) is 0.938. The fourth-order valence-electron chi connectivity index (χ4n) is 3.86. The van der Waals surface area contributed by atoms with Crippen molar-refractivity contribution in [2.75, 3.05) is 19.6 Å². The van der Waals surface area contributed by atoms with Gasteiger partial charge in [-0.2, -0.15) is 0 Å². The lowest BCUT2D eigenvalue weighted by Gasteiger charge is -2.28. The van der Waals surface area contributed by atoms with E-state index >= 15 is 0 Å². The molecule has 1 amide bonds. The van der Waals surface area contributed by atoms with E-state index in [0.717, 1.165) is 25.4 Å². The Morgan fingerprint density at radius 1 is 1.09 bits per heavy atom. The first kappa shape index (κ1) is 20.0. The first-order valence-electron chi connectivity index (χ1n) is 8.48. The van der Waals surface area contributed by atoms with Crippen molar-refractivity contribution < 1.29 is 4.79 Å². The average Bonchev–Trinajstić information content (AvgIpc) is 3.18. The van der Waals surface area contributed by atoms with E-state index in [1.165, 1.54) is 45.2 Å². The molecule has 3 unspecified atom stereocenters. The van der Waals surface area contributed by atoms with Crippen LogP contribution in [0.5, 0.6) is 0 Å². The summed E-state index contributed by atoms with van der Waals surface area (Å²) < 4.78 is 0. The Hall–Kier alpha value is -0.0300. The van der Waals surface area contributed by atoms with Crippen molar-refractivity contribution in [2.45, 2.75) is 63.5 Å². The van der Waals surface area contributed by atoms with Gasteiger partial charge in [0, 0.05) is 31.6 Å². The van der Waals surface area contributed by atoms with Crippen molar-refractivity contribution in [3.8, 4) is 0 Å². The van der Waals surface area contributed by atoms with E-state index in [9.17, 15) is 4.79 Å². The molecule has 0 aromatic heterocycles. The number of halogens is 2. The number of nitrogens with one attached hydrogen (secondary N) is 1. The number of hydrogen-bond donors (Lipinski definition) is 2. The van der Waals surface area contributed by atoms with E-state index in [1.807, 2.05) is 0 Å². The lowest BCUT2D eigenvalue weighted by molar-refractivity contribution is -0.122. The molecule has 0 aromatic rings. The lowest BCUT2D eigenvalue weighted by atomic mass is 9.83.